The van der Waals surface area contributed by atoms with Crippen LogP contribution in [0, 0.1) is 5.82 Å². The molecule has 0 N–H and O–H groups in total. The summed E-state index contributed by atoms with van der Waals surface area (Å²) in [5.41, 5.74) is 0.117. The van der Waals surface area contributed by atoms with Crippen LogP contribution in [0.1, 0.15) is 16.9 Å². The molecule has 1 aromatic carbocycles. The van der Waals surface area contributed by atoms with Gasteiger partial charge in [0.2, 0.25) is 0 Å². The number of nitrogens with zero attached hydrogens (tertiary/aromatic N) is 5. The average Bonchev–Trinajstić information content (AvgIpc) is 3.36. The minimum Gasteiger partial charge on any atom is -0.461 e. The Morgan fingerprint density at radius 2 is 2.12 bits per heavy atom. The zero-order chi connectivity index (χ0) is 18.3. The Morgan fingerprint density at radius 1 is 1.27 bits per heavy atom. The van der Waals surface area contributed by atoms with Crippen LogP contribution in [-0.4, -0.2) is 24.9 Å². The van der Waals surface area contributed by atoms with Crippen LogP contribution in [0.4, 0.5) is 4.39 Å². The van der Waals surface area contributed by atoms with Crippen LogP contribution in [0.15, 0.2) is 45.5 Å². The molecular formula is C16H11ClFN5O2S. The molecule has 1 atom stereocenters. The molecule has 10 heteroatoms. The highest BCUT2D eigenvalue weighted by Gasteiger charge is 2.25. The van der Waals surface area contributed by atoms with E-state index in [9.17, 15) is 4.39 Å². The summed E-state index contributed by atoms with van der Waals surface area (Å²) in [5.74, 6) is 1.31. The van der Waals surface area contributed by atoms with Gasteiger partial charge in [-0.25, -0.2) is 4.39 Å². The summed E-state index contributed by atoms with van der Waals surface area (Å²) in [6.45, 7) is 0. The molecule has 7 nitrogen and oxygen atoms in total. The second-order valence-corrected chi connectivity index (χ2v) is 6.36. The van der Waals surface area contributed by atoms with Crippen molar-refractivity contribution in [3.8, 4) is 23.0 Å². The Labute approximate surface area is 157 Å². The number of aromatic nitrogens is 5. The molecule has 4 aromatic rings. The third-order valence-corrected chi connectivity index (χ3v) is 4.44. The molecule has 1 unspecified atom stereocenters. The van der Waals surface area contributed by atoms with Crippen molar-refractivity contribution < 1.29 is 13.3 Å². The maximum absolute atomic E-state index is 14.0. The van der Waals surface area contributed by atoms with E-state index in [0.29, 0.717) is 22.4 Å². The van der Waals surface area contributed by atoms with Gasteiger partial charge in [0, 0.05) is 12.1 Å². The van der Waals surface area contributed by atoms with Crippen molar-refractivity contribution in [2.75, 3.05) is 0 Å². The van der Waals surface area contributed by atoms with Gasteiger partial charge in [-0.05, 0) is 30.3 Å². The molecule has 0 amide bonds. The Bertz CT molecular complexity index is 1060. The first-order valence-corrected chi connectivity index (χ1v) is 8.34. The fraction of sp³-hybridized carbons (Fsp3) is 0.125. The minimum absolute atomic E-state index is 0.00692. The van der Waals surface area contributed by atoms with E-state index in [-0.39, 0.29) is 17.3 Å². The Kier molecular flexibility index (Phi) is 4.25. The first kappa shape index (κ1) is 16.8. The normalized spacial score (nSPS) is 12.5. The third-order valence-electron chi connectivity index (χ3n) is 3.74. The van der Waals surface area contributed by atoms with Crippen molar-refractivity contribution in [2.45, 2.75) is 5.25 Å². The predicted molar refractivity (Wildman–Crippen MR) is 94.2 cm³/mol. The summed E-state index contributed by atoms with van der Waals surface area (Å²) < 4.78 is 26.2. The second-order valence-electron chi connectivity index (χ2n) is 5.40. The van der Waals surface area contributed by atoms with Crippen LogP contribution < -0.4 is 0 Å². The van der Waals surface area contributed by atoms with E-state index < -0.39 is 11.1 Å². The zero-order valence-corrected chi connectivity index (χ0v) is 14.9. The van der Waals surface area contributed by atoms with Crippen molar-refractivity contribution >= 4 is 24.2 Å². The monoisotopic (exact) mass is 391 g/mol. The van der Waals surface area contributed by atoms with Crippen molar-refractivity contribution in [1.82, 2.24) is 24.9 Å². The first-order chi connectivity index (χ1) is 12.5. The number of hydrogen-bond acceptors (Lipinski definition) is 7. The van der Waals surface area contributed by atoms with Gasteiger partial charge < -0.3 is 13.5 Å². The van der Waals surface area contributed by atoms with E-state index in [2.05, 4.69) is 33.0 Å². The van der Waals surface area contributed by atoms with Gasteiger partial charge in [0.25, 0.3) is 5.89 Å². The number of benzene rings is 1. The summed E-state index contributed by atoms with van der Waals surface area (Å²) in [7, 11) is 1.77. The highest BCUT2D eigenvalue weighted by molar-refractivity contribution is 7.80. The molecule has 0 bridgehead atoms. The van der Waals surface area contributed by atoms with Gasteiger partial charge in [0.1, 0.15) is 11.1 Å². The van der Waals surface area contributed by atoms with E-state index in [0.717, 1.165) is 0 Å². The van der Waals surface area contributed by atoms with Gasteiger partial charge in [-0.15, -0.1) is 10.2 Å². The zero-order valence-electron chi connectivity index (χ0n) is 13.3. The van der Waals surface area contributed by atoms with Crippen molar-refractivity contribution in [1.29, 1.82) is 0 Å². The molecule has 3 aromatic heterocycles. The molecule has 0 radical (unpaired) electrons. The van der Waals surface area contributed by atoms with Crippen LogP contribution in [0.2, 0.25) is 5.02 Å². The molecule has 0 fully saturated rings. The molecular weight excluding hydrogens is 381 g/mol. The second kappa shape index (κ2) is 6.58. The van der Waals surface area contributed by atoms with Crippen LogP contribution in [0.5, 0.6) is 0 Å². The third kappa shape index (κ3) is 2.89. The van der Waals surface area contributed by atoms with E-state index in [1.165, 1.54) is 18.2 Å². The Hall–Kier alpha value is -2.65. The summed E-state index contributed by atoms with van der Waals surface area (Å²) in [5, 5.41) is 11.8. The molecule has 26 heavy (non-hydrogen) atoms. The van der Waals surface area contributed by atoms with Crippen LogP contribution >= 0.6 is 24.2 Å². The molecule has 0 spiro atoms. The lowest BCUT2D eigenvalue weighted by Gasteiger charge is -2.05. The topological polar surface area (TPSA) is 82.8 Å². The van der Waals surface area contributed by atoms with Crippen LogP contribution in [0.3, 0.4) is 0 Å². The highest BCUT2D eigenvalue weighted by Crippen LogP contribution is 2.30. The van der Waals surface area contributed by atoms with Gasteiger partial charge in [0.05, 0.1) is 11.8 Å². The SMILES string of the molecule is Cn1c(-c2ccco2)nnc1C(S)c1noc(-c2cc(Cl)ccc2F)n1. The van der Waals surface area contributed by atoms with E-state index in [1.54, 1.807) is 30.0 Å². The lowest BCUT2D eigenvalue weighted by molar-refractivity contribution is 0.420. The van der Waals surface area contributed by atoms with E-state index in [4.69, 9.17) is 20.5 Å². The molecule has 0 saturated carbocycles. The molecule has 0 aliphatic carbocycles. The Morgan fingerprint density at radius 3 is 2.88 bits per heavy atom. The minimum atomic E-state index is -0.629. The maximum Gasteiger partial charge on any atom is 0.261 e. The van der Waals surface area contributed by atoms with E-state index in [1.807, 2.05) is 0 Å². The van der Waals surface area contributed by atoms with Gasteiger partial charge in [0.15, 0.2) is 23.2 Å². The number of thiol groups is 1. The average molecular weight is 392 g/mol. The smallest absolute Gasteiger partial charge is 0.261 e. The number of halogens is 2. The quantitative estimate of drug-likeness (QED) is 0.530. The number of furan rings is 1. The van der Waals surface area contributed by atoms with E-state index >= 15 is 0 Å². The van der Waals surface area contributed by atoms with Crippen LogP contribution in [-0.2, 0) is 7.05 Å². The summed E-state index contributed by atoms with van der Waals surface area (Å²) in [6, 6.07) is 7.62. The van der Waals surface area contributed by atoms with Crippen molar-refractivity contribution in [3.05, 3.63) is 59.1 Å². The van der Waals surface area contributed by atoms with Gasteiger partial charge in [-0.2, -0.15) is 17.6 Å². The van der Waals surface area contributed by atoms with Gasteiger partial charge in [-0.3, -0.25) is 0 Å². The summed E-state index contributed by atoms with van der Waals surface area (Å²) >= 11 is 10.4. The van der Waals surface area contributed by atoms with Crippen molar-refractivity contribution in [2.24, 2.45) is 7.05 Å². The molecule has 3 heterocycles. The number of rotatable bonds is 4. The molecule has 4 rings (SSSR count). The molecule has 0 aliphatic heterocycles. The molecule has 132 valence electrons. The van der Waals surface area contributed by atoms with Gasteiger partial charge >= 0.3 is 0 Å². The predicted octanol–water partition coefficient (Wildman–Crippen LogP) is 3.94. The maximum atomic E-state index is 14.0. The molecule has 0 saturated heterocycles. The lowest BCUT2D eigenvalue weighted by Crippen LogP contribution is -2.05. The fourth-order valence-electron chi connectivity index (χ4n) is 2.43. The van der Waals surface area contributed by atoms with Gasteiger partial charge in [-0.1, -0.05) is 16.8 Å². The summed E-state index contributed by atoms with van der Waals surface area (Å²) in [6.07, 6.45) is 1.55. The fourth-order valence-corrected chi connectivity index (χ4v) is 2.93. The standard InChI is InChI=1S/C16H11ClFN5O2S/c1-23-14(11-3-2-6-24-11)20-21-15(23)12(26)13-19-16(25-22-13)9-7-8(17)4-5-10(9)18/h2-7,12,26H,1H3. The molecule has 0 aliphatic rings. The Balaban J connectivity index is 1.67. The number of hydrogen-bond donors (Lipinski definition) is 1. The highest BCUT2D eigenvalue weighted by atomic mass is 35.5. The van der Waals surface area contributed by atoms with Crippen LogP contribution in [0.25, 0.3) is 23.0 Å². The lowest BCUT2D eigenvalue weighted by atomic mass is 10.2. The van der Waals surface area contributed by atoms with Crippen molar-refractivity contribution in [3.63, 3.8) is 0 Å². The first-order valence-electron chi connectivity index (χ1n) is 7.45. The largest absolute Gasteiger partial charge is 0.461 e. The summed E-state index contributed by atoms with van der Waals surface area (Å²) in [4.78, 5) is 4.21.